The van der Waals surface area contributed by atoms with Gasteiger partial charge in [0, 0.05) is 12.8 Å². The van der Waals surface area contributed by atoms with Gasteiger partial charge in [-0.3, -0.25) is 18.6 Å². The van der Waals surface area contributed by atoms with Gasteiger partial charge in [-0.25, -0.2) is 4.57 Å². The highest BCUT2D eigenvalue weighted by atomic mass is 31.2. The van der Waals surface area contributed by atoms with Crippen LogP contribution in [0.1, 0.15) is 342 Å². The van der Waals surface area contributed by atoms with E-state index in [4.69, 9.17) is 13.8 Å². The molecule has 0 bridgehead atoms. The van der Waals surface area contributed by atoms with Gasteiger partial charge in [-0.1, -0.05) is 299 Å². The second-order valence-corrected chi connectivity index (χ2v) is 27.2. The number of hydrogen-bond donors (Lipinski definition) is 2. The van der Waals surface area contributed by atoms with E-state index in [-0.39, 0.29) is 25.1 Å². The molecule has 3 atom stereocenters. The van der Waals surface area contributed by atoms with Crippen LogP contribution in [0.4, 0.5) is 0 Å². The highest BCUT2D eigenvalue weighted by molar-refractivity contribution is 7.47. The standard InChI is InChI=1S/C75H139N2O7P/c1-7-10-13-16-19-22-25-27-29-31-33-35-36-37-38-39-40-42-43-45-47-49-52-55-58-61-64-67-74(78)76-72(71-83-85(80,81)82-70-69-77(4,5)6)73(66-63-60-57-54-51-24-21-18-15-12-9-3)84-75(79)68-65-62-59-56-53-50-48-46-44-41-34-32-30-28-26-23-20-17-14-11-8-2/h19,22,27-30,33,35,37-38,63,66,72-73H,7-18,20-21,23-26,31-32,34,36,39-62,64-65,67-71H2,1-6H3,(H-,76,78,80,81)/p+1/b22-19-,29-27-,30-28+,35-33-,38-37-,66-63-. The van der Waals surface area contributed by atoms with Crippen molar-refractivity contribution < 1.29 is 37.3 Å². The van der Waals surface area contributed by atoms with Crippen LogP contribution in [0.3, 0.4) is 0 Å². The lowest BCUT2D eigenvalue weighted by atomic mass is 10.0. The van der Waals surface area contributed by atoms with Gasteiger partial charge in [-0.15, -0.1) is 0 Å². The van der Waals surface area contributed by atoms with Crippen LogP contribution in [0.2, 0.25) is 0 Å². The number of ether oxygens (including phenoxy) is 1. The molecular weight excluding hydrogens is 1070 g/mol. The fourth-order valence-electron chi connectivity index (χ4n) is 10.5. The third-order valence-electron chi connectivity index (χ3n) is 16.1. The van der Waals surface area contributed by atoms with Crippen molar-refractivity contribution in [1.29, 1.82) is 0 Å². The van der Waals surface area contributed by atoms with Crippen LogP contribution in [-0.2, 0) is 27.9 Å². The Kier molecular flexibility index (Phi) is 62.5. The topological polar surface area (TPSA) is 111 Å². The Bertz CT molecular complexity index is 1680. The van der Waals surface area contributed by atoms with Crippen LogP contribution >= 0.6 is 7.82 Å². The van der Waals surface area contributed by atoms with Crippen LogP contribution in [0.25, 0.3) is 0 Å². The number of quaternary nitrogens is 1. The molecule has 496 valence electrons. The number of likely N-dealkylation sites (N-methyl/N-ethyl adjacent to an activating group) is 1. The molecule has 3 unspecified atom stereocenters. The fraction of sp³-hybridized carbons (Fsp3) is 0.813. The Hall–Kier alpha value is -2.55. The van der Waals surface area contributed by atoms with Crippen LogP contribution in [0.5, 0.6) is 0 Å². The first kappa shape index (κ1) is 82.5. The summed E-state index contributed by atoms with van der Waals surface area (Å²) >= 11 is 0. The van der Waals surface area contributed by atoms with Gasteiger partial charge in [0.15, 0.2) is 0 Å². The molecule has 0 radical (unpaired) electrons. The van der Waals surface area contributed by atoms with Crippen LogP contribution in [-0.4, -0.2) is 74.3 Å². The number of allylic oxidation sites excluding steroid dienone is 11. The molecule has 0 saturated heterocycles. The zero-order chi connectivity index (χ0) is 62.1. The molecule has 0 heterocycles. The Morgan fingerprint density at radius 1 is 0.412 bits per heavy atom. The van der Waals surface area contributed by atoms with Crippen LogP contribution in [0.15, 0.2) is 72.9 Å². The van der Waals surface area contributed by atoms with E-state index in [1.807, 2.05) is 33.3 Å². The summed E-state index contributed by atoms with van der Waals surface area (Å²) in [6, 6.07) is -0.853. The van der Waals surface area contributed by atoms with Gasteiger partial charge < -0.3 is 19.4 Å². The van der Waals surface area contributed by atoms with E-state index in [1.54, 1.807) is 0 Å². The van der Waals surface area contributed by atoms with E-state index < -0.39 is 20.0 Å². The van der Waals surface area contributed by atoms with Crippen molar-refractivity contribution in [2.45, 2.75) is 354 Å². The minimum absolute atomic E-state index is 0.0386. The van der Waals surface area contributed by atoms with Crippen molar-refractivity contribution in [3.63, 3.8) is 0 Å². The summed E-state index contributed by atoms with van der Waals surface area (Å²) in [6.45, 7) is 7.01. The molecule has 0 aliphatic heterocycles. The number of phosphoric ester groups is 1. The molecule has 2 N–H and O–H groups in total. The monoisotopic (exact) mass is 1210 g/mol. The maximum Gasteiger partial charge on any atom is 0.472 e. The highest BCUT2D eigenvalue weighted by Gasteiger charge is 2.30. The first-order valence-corrected chi connectivity index (χ1v) is 37.8. The number of carbonyl (C=O) groups is 2. The van der Waals surface area contributed by atoms with Gasteiger partial charge in [0.25, 0.3) is 0 Å². The van der Waals surface area contributed by atoms with E-state index in [2.05, 4.69) is 86.8 Å². The molecular formula is C75H140N2O7P+. The van der Waals surface area contributed by atoms with Crippen molar-refractivity contribution in [1.82, 2.24) is 5.32 Å². The normalized spacial score (nSPS) is 13.9. The summed E-state index contributed by atoms with van der Waals surface area (Å²) in [5.41, 5.74) is 0. The quantitative estimate of drug-likeness (QED) is 0.0205. The highest BCUT2D eigenvalue weighted by Crippen LogP contribution is 2.43. The van der Waals surface area contributed by atoms with Gasteiger partial charge >= 0.3 is 13.8 Å². The number of esters is 1. The maximum atomic E-state index is 13.6. The van der Waals surface area contributed by atoms with E-state index in [1.165, 1.54) is 231 Å². The Balaban J connectivity index is 5.00. The third-order valence-corrected chi connectivity index (χ3v) is 17.1. The molecule has 0 aliphatic carbocycles. The Morgan fingerprint density at radius 3 is 1.11 bits per heavy atom. The zero-order valence-electron chi connectivity index (χ0n) is 56.9. The van der Waals surface area contributed by atoms with Gasteiger partial charge in [-0.05, 0) is 102 Å². The maximum absolute atomic E-state index is 13.6. The molecule has 0 spiro atoms. The largest absolute Gasteiger partial charge is 0.472 e. The van der Waals surface area contributed by atoms with E-state index in [0.29, 0.717) is 23.9 Å². The summed E-state index contributed by atoms with van der Waals surface area (Å²) in [4.78, 5) is 37.9. The first-order valence-electron chi connectivity index (χ1n) is 36.3. The molecule has 85 heavy (non-hydrogen) atoms. The summed E-state index contributed by atoms with van der Waals surface area (Å²) in [7, 11) is 1.50. The number of nitrogens with zero attached hydrogens (tertiary/aromatic N) is 1. The number of hydrogen-bond acceptors (Lipinski definition) is 6. The molecule has 0 aromatic carbocycles. The number of amides is 1. The molecule has 0 rings (SSSR count). The molecule has 10 heteroatoms. The summed E-state index contributed by atoms with van der Waals surface area (Å²) in [5, 5.41) is 3.07. The number of phosphoric acid groups is 1. The molecule has 0 aromatic rings. The van der Waals surface area contributed by atoms with Crippen LogP contribution in [0, 0.1) is 0 Å². The Morgan fingerprint density at radius 2 is 0.718 bits per heavy atom. The lowest BCUT2D eigenvalue weighted by Gasteiger charge is -2.27. The molecule has 0 aromatic heterocycles. The fourth-order valence-corrected chi connectivity index (χ4v) is 11.2. The lowest BCUT2D eigenvalue weighted by Crippen LogP contribution is -2.47. The van der Waals surface area contributed by atoms with Gasteiger partial charge in [-0.2, -0.15) is 0 Å². The number of carbonyl (C=O) groups excluding carboxylic acids is 2. The predicted molar refractivity (Wildman–Crippen MR) is 369 cm³/mol. The molecule has 9 nitrogen and oxygen atoms in total. The third kappa shape index (κ3) is 65.7. The second kappa shape index (κ2) is 64.4. The number of rotatable bonds is 66. The van der Waals surface area contributed by atoms with E-state index in [9.17, 15) is 19.0 Å². The van der Waals surface area contributed by atoms with Crippen molar-refractivity contribution in [2.75, 3.05) is 40.9 Å². The van der Waals surface area contributed by atoms with E-state index in [0.717, 1.165) is 77.0 Å². The first-order chi connectivity index (χ1) is 41.4. The van der Waals surface area contributed by atoms with Gasteiger partial charge in [0.2, 0.25) is 5.91 Å². The van der Waals surface area contributed by atoms with Crippen LogP contribution < -0.4 is 5.32 Å². The molecule has 1 amide bonds. The summed E-state index contributed by atoms with van der Waals surface area (Å²) in [5.74, 6) is -0.500. The lowest BCUT2D eigenvalue weighted by molar-refractivity contribution is -0.870. The SMILES string of the molecule is CCCCC/C=C\C/C=C\C/C=C\C/C=C\CCCCCCCCCCCCCC(=O)NC(COP(=O)(O)OCC[N+](C)(C)C)C(/C=C\CCCCCCCCCCC)OC(=O)CCCCCCCCCCCCC/C=C/CCCCCCCC. The van der Waals surface area contributed by atoms with Crippen molar-refractivity contribution in [3.05, 3.63) is 72.9 Å². The zero-order valence-corrected chi connectivity index (χ0v) is 57.7. The minimum Gasteiger partial charge on any atom is -0.456 e. The minimum atomic E-state index is -4.46. The molecule has 0 aliphatic rings. The van der Waals surface area contributed by atoms with E-state index >= 15 is 0 Å². The average Bonchev–Trinajstić information content (AvgIpc) is 3.64. The molecule has 0 saturated carbocycles. The number of nitrogens with one attached hydrogen (secondary N) is 1. The second-order valence-electron chi connectivity index (χ2n) is 25.8. The van der Waals surface area contributed by atoms with Crippen molar-refractivity contribution >= 4 is 19.7 Å². The Labute approximate surface area is 527 Å². The molecule has 0 fully saturated rings. The smallest absolute Gasteiger partial charge is 0.456 e. The van der Waals surface area contributed by atoms with Crippen molar-refractivity contribution in [3.8, 4) is 0 Å². The summed E-state index contributed by atoms with van der Waals surface area (Å²) in [6.07, 6.45) is 84.9. The number of unbranched alkanes of at least 4 members (excludes halogenated alkanes) is 40. The summed E-state index contributed by atoms with van der Waals surface area (Å²) < 4.78 is 30.8. The van der Waals surface area contributed by atoms with Crippen molar-refractivity contribution in [2.24, 2.45) is 0 Å². The van der Waals surface area contributed by atoms with Gasteiger partial charge in [0.05, 0.1) is 33.8 Å². The predicted octanol–water partition coefficient (Wildman–Crippen LogP) is 23.1. The van der Waals surface area contributed by atoms with Gasteiger partial charge in [0.1, 0.15) is 19.3 Å². The average molecular weight is 1210 g/mol.